The number of hydrogen-bond donors (Lipinski definition) is 2. The first-order valence-corrected chi connectivity index (χ1v) is 6.14. The summed E-state index contributed by atoms with van der Waals surface area (Å²) < 4.78 is 0. The lowest BCUT2D eigenvalue weighted by molar-refractivity contribution is -0.115. The maximum Gasteiger partial charge on any atom is 0.238 e. The minimum Gasteiger partial charge on any atom is -0.325 e. The van der Waals surface area contributed by atoms with E-state index < -0.39 is 0 Å². The fourth-order valence-corrected chi connectivity index (χ4v) is 1.49. The molecule has 1 aromatic rings. The highest BCUT2D eigenvalue weighted by atomic mass is 35.5. The van der Waals surface area contributed by atoms with E-state index in [1.54, 1.807) is 0 Å². The Hall–Kier alpha value is -1.06. The van der Waals surface area contributed by atoms with Gasteiger partial charge in [0.2, 0.25) is 5.91 Å². The van der Waals surface area contributed by atoms with Gasteiger partial charge in [-0.2, -0.15) is 0 Å². The lowest BCUT2D eigenvalue weighted by Crippen LogP contribution is -2.34. The highest BCUT2D eigenvalue weighted by Crippen LogP contribution is 2.17. The number of anilines is 1. The van der Waals surface area contributed by atoms with Crippen LogP contribution in [-0.2, 0) is 4.79 Å². The van der Waals surface area contributed by atoms with Crippen LogP contribution in [0.4, 0.5) is 5.69 Å². The number of amides is 1. The van der Waals surface area contributed by atoms with Crippen molar-refractivity contribution >= 4 is 24.0 Å². The number of hydrogen-bond acceptors (Lipinski definition) is 2. The van der Waals surface area contributed by atoms with Gasteiger partial charge >= 0.3 is 0 Å². The lowest BCUT2D eigenvalue weighted by Gasteiger charge is -2.13. The molecule has 102 valence electrons. The van der Waals surface area contributed by atoms with Crippen molar-refractivity contribution < 1.29 is 4.79 Å². The molecule has 18 heavy (non-hydrogen) atoms. The van der Waals surface area contributed by atoms with Crippen LogP contribution in [0.15, 0.2) is 18.2 Å². The molecule has 0 saturated heterocycles. The molecule has 2 N–H and O–H groups in total. The van der Waals surface area contributed by atoms with Gasteiger partial charge in [0.25, 0.3) is 0 Å². The molecule has 3 nitrogen and oxygen atoms in total. The first-order chi connectivity index (χ1) is 8.04. The number of nitrogens with one attached hydrogen (secondary N) is 2. The van der Waals surface area contributed by atoms with Crippen LogP contribution in [0.5, 0.6) is 0 Å². The molecular weight excluding hydrogens is 248 g/mol. The third-order valence-corrected chi connectivity index (χ3v) is 3.10. The monoisotopic (exact) mass is 270 g/mol. The van der Waals surface area contributed by atoms with Crippen molar-refractivity contribution in [2.75, 3.05) is 11.9 Å². The molecule has 0 saturated carbocycles. The summed E-state index contributed by atoms with van der Waals surface area (Å²) in [5, 5.41) is 6.10. The second-order valence-electron chi connectivity index (χ2n) is 4.49. The zero-order chi connectivity index (χ0) is 12.8. The third kappa shape index (κ3) is 5.07. The van der Waals surface area contributed by atoms with Crippen LogP contribution in [-0.4, -0.2) is 18.5 Å². The molecule has 0 bridgehead atoms. The number of carbonyl (C=O) groups is 1. The molecule has 0 aromatic heterocycles. The minimum absolute atomic E-state index is 0. The van der Waals surface area contributed by atoms with Crippen molar-refractivity contribution in [1.82, 2.24) is 5.32 Å². The predicted octanol–water partition coefficient (Wildman–Crippen LogP) is 3.05. The molecule has 1 aromatic carbocycles. The van der Waals surface area contributed by atoms with E-state index in [1.165, 1.54) is 5.56 Å². The van der Waals surface area contributed by atoms with Crippen LogP contribution in [0.3, 0.4) is 0 Å². The average molecular weight is 271 g/mol. The quantitative estimate of drug-likeness (QED) is 0.863. The van der Waals surface area contributed by atoms with Crippen molar-refractivity contribution in [2.45, 2.75) is 40.2 Å². The Morgan fingerprint density at radius 2 is 2.00 bits per heavy atom. The van der Waals surface area contributed by atoms with Crippen molar-refractivity contribution in [1.29, 1.82) is 0 Å². The Labute approximate surface area is 116 Å². The van der Waals surface area contributed by atoms with Crippen molar-refractivity contribution in [3.8, 4) is 0 Å². The van der Waals surface area contributed by atoms with Gasteiger partial charge in [-0.1, -0.05) is 19.1 Å². The van der Waals surface area contributed by atoms with Crippen LogP contribution in [0.2, 0.25) is 0 Å². The van der Waals surface area contributed by atoms with Gasteiger partial charge in [0.15, 0.2) is 0 Å². The summed E-state index contributed by atoms with van der Waals surface area (Å²) >= 11 is 0. The molecule has 0 aliphatic carbocycles. The number of benzene rings is 1. The Bertz CT molecular complexity index is 393. The normalized spacial score (nSPS) is 11.6. The molecular formula is C14H23ClN2O. The van der Waals surface area contributed by atoms with Crippen molar-refractivity contribution in [3.63, 3.8) is 0 Å². The largest absolute Gasteiger partial charge is 0.325 e. The van der Waals surface area contributed by atoms with Gasteiger partial charge in [0.1, 0.15) is 0 Å². The average Bonchev–Trinajstić information content (AvgIpc) is 2.32. The number of halogens is 1. The Balaban J connectivity index is 0.00000289. The molecule has 1 rings (SSSR count). The second-order valence-corrected chi connectivity index (χ2v) is 4.49. The van der Waals surface area contributed by atoms with E-state index in [9.17, 15) is 4.79 Å². The van der Waals surface area contributed by atoms with Gasteiger partial charge in [-0.15, -0.1) is 12.4 Å². The molecule has 0 aliphatic heterocycles. The van der Waals surface area contributed by atoms with Crippen LogP contribution in [0.1, 0.15) is 31.4 Å². The van der Waals surface area contributed by atoms with Crippen molar-refractivity contribution in [2.24, 2.45) is 0 Å². The smallest absolute Gasteiger partial charge is 0.238 e. The molecule has 0 aliphatic rings. The highest BCUT2D eigenvalue weighted by Gasteiger charge is 2.06. The molecule has 0 radical (unpaired) electrons. The third-order valence-electron chi connectivity index (χ3n) is 3.10. The number of carbonyl (C=O) groups excluding carboxylic acids is 1. The van der Waals surface area contributed by atoms with Crippen LogP contribution < -0.4 is 10.6 Å². The summed E-state index contributed by atoms with van der Waals surface area (Å²) in [5.41, 5.74) is 3.23. The van der Waals surface area contributed by atoms with Gasteiger partial charge in [-0.3, -0.25) is 4.79 Å². The molecule has 1 unspecified atom stereocenters. The maximum absolute atomic E-state index is 11.7. The van der Waals surface area contributed by atoms with Crippen LogP contribution in [0, 0.1) is 13.8 Å². The van der Waals surface area contributed by atoms with Gasteiger partial charge in [0.05, 0.1) is 6.54 Å². The fourth-order valence-electron chi connectivity index (χ4n) is 1.49. The Morgan fingerprint density at radius 3 is 2.61 bits per heavy atom. The molecule has 0 fully saturated rings. The van der Waals surface area contributed by atoms with E-state index >= 15 is 0 Å². The second kappa shape index (κ2) is 8.11. The number of rotatable bonds is 5. The first kappa shape index (κ1) is 16.9. The summed E-state index contributed by atoms with van der Waals surface area (Å²) in [6, 6.07) is 6.31. The van der Waals surface area contributed by atoms with Crippen LogP contribution in [0.25, 0.3) is 0 Å². The van der Waals surface area contributed by atoms with E-state index in [-0.39, 0.29) is 18.3 Å². The van der Waals surface area contributed by atoms with Gasteiger partial charge in [-0.25, -0.2) is 0 Å². The summed E-state index contributed by atoms with van der Waals surface area (Å²) in [4.78, 5) is 11.7. The molecule has 1 amide bonds. The minimum atomic E-state index is 0. The summed E-state index contributed by atoms with van der Waals surface area (Å²) in [7, 11) is 0. The summed E-state index contributed by atoms with van der Waals surface area (Å²) in [6.07, 6.45) is 1.02. The zero-order valence-corrected chi connectivity index (χ0v) is 12.4. The van der Waals surface area contributed by atoms with Crippen molar-refractivity contribution in [3.05, 3.63) is 29.3 Å². The Kier molecular flexibility index (Phi) is 7.64. The Morgan fingerprint density at radius 1 is 1.33 bits per heavy atom. The maximum atomic E-state index is 11.7. The summed E-state index contributed by atoms with van der Waals surface area (Å²) in [6.45, 7) is 8.60. The highest BCUT2D eigenvalue weighted by molar-refractivity contribution is 5.93. The molecule has 1 atom stereocenters. The number of aryl methyl sites for hydroxylation is 1. The lowest BCUT2D eigenvalue weighted by atomic mass is 10.1. The van der Waals surface area contributed by atoms with Gasteiger partial charge in [0, 0.05) is 11.7 Å². The first-order valence-electron chi connectivity index (χ1n) is 6.14. The molecule has 4 heteroatoms. The van der Waals surface area contributed by atoms with Gasteiger partial charge < -0.3 is 10.6 Å². The van der Waals surface area contributed by atoms with E-state index in [1.807, 2.05) is 32.0 Å². The van der Waals surface area contributed by atoms with E-state index in [0.29, 0.717) is 12.6 Å². The molecule has 0 spiro atoms. The fraction of sp³-hybridized carbons (Fsp3) is 0.500. The molecule has 0 heterocycles. The van der Waals surface area contributed by atoms with E-state index in [4.69, 9.17) is 0 Å². The van der Waals surface area contributed by atoms with Crippen LogP contribution >= 0.6 is 12.4 Å². The SMILES string of the molecule is CCC(C)NCC(=O)Nc1cccc(C)c1C.Cl. The standard InChI is InChI=1S/C14H22N2O.ClH/c1-5-11(3)15-9-14(17)16-13-8-6-7-10(2)12(13)4;/h6-8,11,15H,5,9H2,1-4H3,(H,16,17);1H. The zero-order valence-electron chi connectivity index (χ0n) is 11.5. The van der Waals surface area contributed by atoms with E-state index in [2.05, 4.69) is 24.5 Å². The van der Waals surface area contributed by atoms with E-state index in [0.717, 1.165) is 17.7 Å². The van der Waals surface area contributed by atoms with Gasteiger partial charge in [-0.05, 0) is 44.4 Å². The topological polar surface area (TPSA) is 41.1 Å². The predicted molar refractivity (Wildman–Crippen MR) is 79.5 cm³/mol. The summed E-state index contributed by atoms with van der Waals surface area (Å²) in [5.74, 6) is 0.0130.